The van der Waals surface area contributed by atoms with Gasteiger partial charge in [-0.1, -0.05) is 0 Å². The first-order valence-corrected chi connectivity index (χ1v) is 7.17. The van der Waals surface area contributed by atoms with Crippen LogP contribution >= 0.6 is 11.3 Å². The van der Waals surface area contributed by atoms with Crippen LogP contribution < -0.4 is 5.32 Å². The van der Waals surface area contributed by atoms with E-state index in [0.29, 0.717) is 18.8 Å². The zero-order valence-electron chi connectivity index (χ0n) is 10.9. The number of nitrogens with one attached hydrogen (secondary N) is 2. The summed E-state index contributed by atoms with van der Waals surface area (Å²) < 4.78 is 0. The molecule has 3 rings (SSSR count). The molecule has 3 aromatic heterocycles. The van der Waals surface area contributed by atoms with Gasteiger partial charge < -0.3 is 5.32 Å². The van der Waals surface area contributed by atoms with E-state index in [-0.39, 0.29) is 12.5 Å². The van der Waals surface area contributed by atoms with Crippen LogP contribution in [-0.2, 0) is 17.8 Å². The van der Waals surface area contributed by atoms with Gasteiger partial charge in [-0.15, -0.1) is 10.2 Å². The van der Waals surface area contributed by atoms with Crippen molar-refractivity contribution in [1.82, 2.24) is 40.7 Å². The molecule has 0 saturated carbocycles. The highest BCUT2D eigenvalue weighted by Crippen LogP contribution is 2.16. The Labute approximate surface area is 123 Å². The number of nitrogens with zero attached hydrogens (tertiary/aromatic N) is 6. The number of thiophene rings is 1. The Kier molecular flexibility index (Phi) is 3.96. The van der Waals surface area contributed by atoms with Crippen molar-refractivity contribution in [3.63, 3.8) is 0 Å². The molecule has 0 aromatic carbocycles. The van der Waals surface area contributed by atoms with Crippen molar-refractivity contribution in [2.24, 2.45) is 0 Å². The first-order valence-electron chi connectivity index (χ1n) is 6.22. The average Bonchev–Trinajstić information content (AvgIpc) is 3.21. The first-order chi connectivity index (χ1) is 10.3. The van der Waals surface area contributed by atoms with Crippen LogP contribution in [0.5, 0.6) is 0 Å². The van der Waals surface area contributed by atoms with Gasteiger partial charge in [0, 0.05) is 23.9 Å². The molecule has 2 N–H and O–H groups in total. The van der Waals surface area contributed by atoms with E-state index in [1.165, 1.54) is 11.1 Å². The highest BCUT2D eigenvalue weighted by atomic mass is 32.1. The summed E-state index contributed by atoms with van der Waals surface area (Å²) in [5, 5.41) is 25.0. The molecule has 9 nitrogen and oxygen atoms in total. The molecule has 0 unspecified atom stereocenters. The SMILES string of the molecule is O=C(Cn1nnc(-c2ccsc2)n1)NCCc1ncn[nH]1. The van der Waals surface area contributed by atoms with Crippen LogP contribution in [0.3, 0.4) is 0 Å². The van der Waals surface area contributed by atoms with Gasteiger partial charge in [-0.05, 0) is 16.7 Å². The summed E-state index contributed by atoms with van der Waals surface area (Å²) in [6.07, 6.45) is 2.03. The lowest BCUT2D eigenvalue weighted by Crippen LogP contribution is -2.30. The van der Waals surface area contributed by atoms with E-state index < -0.39 is 0 Å². The lowest BCUT2D eigenvalue weighted by atomic mass is 10.3. The van der Waals surface area contributed by atoms with Crippen LogP contribution in [0.4, 0.5) is 0 Å². The van der Waals surface area contributed by atoms with Crippen LogP contribution in [0, 0.1) is 0 Å². The number of amides is 1. The summed E-state index contributed by atoms with van der Waals surface area (Å²) in [4.78, 5) is 17.0. The van der Waals surface area contributed by atoms with Gasteiger partial charge in [0.1, 0.15) is 18.7 Å². The van der Waals surface area contributed by atoms with Crippen molar-refractivity contribution >= 4 is 17.2 Å². The third-order valence-corrected chi connectivity index (χ3v) is 3.35. The molecule has 3 heterocycles. The molecule has 0 bridgehead atoms. The minimum Gasteiger partial charge on any atom is -0.354 e. The fourth-order valence-electron chi connectivity index (χ4n) is 1.67. The third kappa shape index (κ3) is 3.48. The molecule has 10 heteroatoms. The lowest BCUT2D eigenvalue weighted by molar-refractivity contribution is -0.122. The van der Waals surface area contributed by atoms with Crippen LogP contribution in [-0.4, -0.2) is 47.8 Å². The Balaban J connectivity index is 1.48. The van der Waals surface area contributed by atoms with E-state index in [0.717, 1.165) is 11.4 Å². The van der Waals surface area contributed by atoms with Gasteiger partial charge in [-0.25, -0.2) is 4.98 Å². The quantitative estimate of drug-likeness (QED) is 0.656. The monoisotopic (exact) mass is 304 g/mol. The normalized spacial score (nSPS) is 10.7. The second-order valence-corrected chi connectivity index (χ2v) is 4.97. The molecule has 0 spiro atoms. The Morgan fingerprint density at radius 3 is 3.19 bits per heavy atom. The first kappa shape index (κ1) is 13.4. The standard InChI is InChI=1S/C11H12N8OS/c20-10(12-3-1-9-13-7-14-15-9)5-19-17-11(16-18-19)8-2-4-21-6-8/h2,4,6-7H,1,3,5H2,(H,12,20)(H,13,14,15). The lowest BCUT2D eigenvalue weighted by Gasteiger charge is -2.02. The molecular formula is C11H12N8OS. The van der Waals surface area contributed by atoms with Crippen molar-refractivity contribution < 1.29 is 4.79 Å². The summed E-state index contributed by atoms with van der Waals surface area (Å²) >= 11 is 1.56. The van der Waals surface area contributed by atoms with Crippen molar-refractivity contribution in [2.75, 3.05) is 6.54 Å². The average molecular weight is 304 g/mol. The smallest absolute Gasteiger partial charge is 0.243 e. The number of hydrogen-bond acceptors (Lipinski definition) is 7. The Morgan fingerprint density at radius 2 is 2.43 bits per heavy atom. The molecular weight excluding hydrogens is 292 g/mol. The summed E-state index contributed by atoms with van der Waals surface area (Å²) in [7, 11) is 0. The summed E-state index contributed by atoms with van der Waals surface area (Å²) in [6, 6.07) is 1.91. The molecule has 0 aliphatic carbocycles. The maximum atomic E-state index is 11.8. The van der Waals surface area contributed by atoms with Crippen molar-refractivity contribution in [2.45, 2.75) is 13.0 Å². The van der Waals surface area contributed by atoms with Gasteiger partial charge >= 0.3 is 0 Å². The molecule has 0 aliphatic heterocycles. The van der Waals surface area contributed by atoms with Gasteiger partial charge in [0.15, 0.2) is 0 Å². The zero-order chi connectivity index (χ0) is 14.5. The van der Waals surface area contributed by atoms with Gasteiger partial charge in [-0.2, -0.15) is 21.2 Å². The van der Waals surface area contributed by atoms with Crippen molar-refractivity contribution in [1.29, 1.82) is 0 Å². The molecule has 0 atom stereocenters. The largest absolute Gasteiger partial charge is 0.354 e. The maximum absolute atomic E-state index is 11.8. The predicted octanol–water partition coefficient (Wildman–Crippen LogP) is -0.121. The zero-order valence-corrected chi connectivity index (χ0v) is 11.7. The molecule has 1 amide bonds. The van der Waals surface area contributed by atoms with Gasteiger partial charge in [0.2, 0.25) is 11.7 Å². The van der Waals surface area contributed by atoms with Gasteiger partial charge in [0.25, 0.3) is 0 Å². The van der Waals surface area contributed by atoms with Crippen LogP contribution in [0.1, 0.15) is 5.82 Å². The van der Waals surface area contributed by atoms with Gasteiger partial charge in [0.05, 0.1) is 0 Å². The number of H-pyrrole nitrogens is 1. The molecule has 21 heavy (non-hydrogen) atoms. The fraction of sp³-hybridized carbons (Fsp3) is 0.273. The van der Waals surface area contributed by atoms with Crippen LogP contribution in [0.15, 0.2) is 23.2 Å². The van der Waals surface area contributed by atoms with Crippen molar-refractivity contribution in [3.8, 4) is 11.4 Å². The molecule has 3 aromatic rings. The van der Waals surface area contributed by atoms with E-state index >= 15 is 0 Å². The van der Waals surface area contributed by atoms with E-state index in [9.17, 15) is 4.79 Å². The third-order valence-electron chi connectivity index (χ3n) is 2.67. The predicted molar refractivity (Wildman–Crippen MR) is 74.2 cm³/mol. The Bertz CT molecular complexity index is 690. The fourth-order valence-corrected chi connectivity index (χ4v) is 2.31. The topological polar surface area (TPSA) is 114 Å². The van der Waals surface area contributed by atoms with Crippen LogP contribution in [0.2, 0.25) is 0 Å². The van der Waals surface area contributed by atoms with E-state index in [1.54, 1.807) is 11.3 Å². The summed E-state index contributed by atoms with van der Waals surface area (Å²) in [5.41, 5.74) is 0.900. The molecule has 0 aliphatic rings. The van der Waals surface area contributed by atoms with Crippen LogP contribution in [0.25, 0.3) is 11.4 Å². The molecule has 0 saturated heterocycles. The maximum Gasteiger partial charge on any atom is 0.243 e. The summed E-state index contributed by atoms with van der Waals surface area (Å²) in [6.45, 7) is 0.508. The van der Waals surface area contributed by atoms with E-state index in [2.05, 4.69) is 35.9 Å². The number of aromatic amines is 1. The molecule has 108 valence electrons. The van der Waals surface area contributed by atoms with Crippen molar-refractivity contribution in [3.05, 3.63) is 29.0 Å². The molecule has 0 fully saturated rings. The Hall–Kier alpha value is -2.62. The number of carbonyl (C=O) groups excluding carboxylic acids is 1. The highest BCUT2D eigenvalue weighted by molar-refractivity contribution is 7.08. The number of rotatable bonds is 6. The van der Waals surface area contributed by atoms with Gasteiger partial charge in [-0.3, -0.25) is 9.89 Å². The minimum absolute atomic E-state index is 0.0353. The number of carbonyl (C=O) groups is 1. The van der Waals surface area contributed by atoms with E-state index in [1.807, 2.05) is 16.8 Å². The number of hydrogen-bond donors (Lipinski definition) is 2. The Morgan fingerprint density at radius 1 is 1.48 bits per heavy atom. The second-order valence-electron chi connectivity index (χ2n) is 4.19. The van der Waals surface area contributed by atoms with E-state index in [4.69, 9.17) is 0 Å². The number of aromatic nitrogens is 7. The number of tetrazole rings is 1. The minimum atomic E-state index is -0.177. The second kappa shape index (κ2) is 6.22. The molecule has 0 radical (unpaired) electrons. The summed E-state index contributed by atoms with van der Waals surface area (Å²) in [5.74, 6) is 1.07. The highest BCUT2D eigenvalue weighted by Gasteiger charge is 2.09.